The summed E-state index contributed by atoms with van der Waals surface area (Å²) in [6.07, 6.45) is -0.383. The Kier molecular flexibility index (Phi) is 4.60. The van der Waals surface area contributed by atoms with Crippen LogP contribution in [0.2, 0.25) is 0 Å². The number of nitrogens with zero attached hydrogens (tertiary/aromatic N) is 1. The number of rotatable bonds is 3. The summed E-state index contributed by atoms with van der Waals surface area (Å²) >= 11 is 0. The van der Waals surface area contributed by atoms with Gasteiger partial charge in [-0.05, 0) is 32.9 Å². The Balaban J connectivity index is 2.92. The first kappa shape index (κ1) is 15.1. The van der Waals surface area contributed by atoms with Crippen molar-refractivity contribution < 1.29 is 18.3 Å². The van der Waals surface area contributed by atoms with Gasteiger partial charge in [0, 0.05) is 5.56 Å². The molecule has 0 saturated carbocycles. The highest BCUT2D eigenvalue weighted by Crippen LogP contribution is 2.26. The predicted octanol–water partition coefficient (Wildman–Crippen LogP) is 3.30. The lowest BCUT2D eigenvalue weighted by atomic mass is 9.96. The van der Waals surface area contributed by atoms with Crippen molar-refractivity contribution in [3.05, 3.63) is 35.4 Å². The van der Waals surface area contributed by atoms with Gasteiger partial charge in [0.1, 0.15) is 17.2 Å². The molecule has 0 spiro atoms. The first-order valence-corrected chi connectivity index (χ1v) is 5.80. The smallest absolute Gasteiger partial charge is 0.307 e. The molecule has 0 aliphatic rings. The zero-order chi connectivity index (χ0) is 14.6. The molecule has 0 bridgehead atoms. The molecule has 5 heteroatoms. The van der Waals surface area contributed by atoms with E-state index in [0.29, 0.717) is 0 Å². The second kappa shape index (κ2) is 5.79. The third-order valence-electron chi connectivity index (χ3n) is 2.29. The summed E-state index contributed by atoms with van der Waals surface area (Å²) in [6.45, 7) is 5.03. The lowest BCUT2D eigenvalue weighted by Gasteiger charge is -2.20. The molecule has 1 atom stereocenters. The fourth-order valence-electron chi connectivity index (χ4n) is 1.61. The standard InChI is InChI=1S/C14H15F2NO2/c1-14(2,3)19-12(18)7-9(8-17)13-10(15)5-4-6-11(13)16/h4-6,9H,7H2,1-3H3. The van der Waals surface area contributed by atoms with Gasteiger partial charge < -0.3 is 4.74 Å². The molecule has 1 aromatic carbocycles. The molecular formula is C14H15F2NO2. The van der Waals surface area contributed by atoms with Crippen molar-refractivity contribution in [2.24, 2.45) is 0 Å². The summed E-state index contributed by atoms with van der Waals surface area (Å²) in [5.74, 6) is -3.54. The lowest BCUT2D eigenvalue weighted by molar-refractivity contribution is -0.155. The molecule has 0 N–H and O–H groups in total. The van der Waals surface area contributed by atoms with Crippen molar-refractivity contribution >= 4 is 5.97 Å². The average molecular weight is 267 g/mol. The number of carbonyl (C=O) groups is 1. The monoisotopic (exact) mass is 267 g/mol. The van der Waals surface area contributed by atoms with E-state index in [2.05, 4.69) is 0 Å². The first-order valence-electron chi connectivity index (χ1n) is 5.80. The second-order valence-electron chi connectivity index (χ2n) is 5.11. The Morgan fingerprint density at radius 1 is 1.37 bits per heavy atom. The van der Waals surface area contributed by atoms with Crippen LogP contribution < -0.4 is 0 Å². The fourth-order valence-corrected chi connectivity index (χ4v) is 1.61. The Morgan fingerprint density at radius 3 is 2.32 bits per heavy atom. The second-order valence-corrected chi connectivity index (χ2v) is 5.11. The summed E-state index contributed by atoms with van der Waals surface area (Å²) in [5, 5.41) is 8.98. The third-order valence-corrected chi connectivity index (χ3v) is 2.29. The summed E-state index contributed by atoms with van der Waals surface area (Å²) in [6, 6.07) is 5.05. The Morgan fingerprint density at radius 2 is 1.89 bits per heavy atom. The zero-order valence-corrected chi connectivity index (χ0v) is 11.0. The molecule has 0 saturated heterocycles. The maximum Gasteiger partial charge on any atom is 0.307 e. The molecule has 0 aliphatic carbocycles. The van der Waals surface area contributed by atoms with Gasteiger partial charge in [-0.3, -0.25) is 4.79 Å². The summed E-state index contributed by atoms with van der Waals surface area (Å²) in [4.78, 5) is 11.6. The van der Waals surface area contributed by atoms with Crippen molar-refractivity contribution in [1.82, 2.24) is 0 Å². The van der Waals surface area contributed by atoms with E-state index < -0.39 is 34.7 Å². The van der Waals surface area contributed by atoms with Crippen LogP contribution in [-0.4, -0.2) is 11.6 Å². The molecule has 3 nitrogen and oxygen atoms in total. The lowest BCUT2D eigenvalue weighted by Crippen LogP contribution is -2.25. The van der Waals surface area contributed by atoms with Gasteiger partial charge >= 0.3 is 5.97 Å². The summed E-state index contributed by atoms with van der Waals surface area (Å²) < 4.78 is 32.1. The van der Waals surface area contributed by atoms with Crippen LogP contribution in [0.5, 0.6) is 0 Å². The van der Waals surface area contributed by atoms with Crippen molar-refractivity contribution in [2.75, 3.05) is 0 Å². The Labute approximate surface area is 110 Å². The van der Waals surface area contributed by atoms with Crippen molar-refractivity contribution in [2.45, 2.75) is 38.7 Å². The average Bonchev–Trinajstić information content (AvgIpc) is 2.24. The maximum absolute atomic E-state index is 13.5. The van der Waals surface area contributed by atoms with E-state index in [1.807, 2.05) is 0 Å². The van der Waals surface area contributed by atoms with Crippen LogP contribution in [0.15, 0.2) is 18.2 Å². The fraction of sp³-hybridized carbons (Fsp3) is 0.429. The molecule has 1 rings (SSSR count). The van der Waals surface area contributed by atoms with E-state index in [-0.39, 0.29) is 6.42 Å². The van der Waals surface area contributed by atoms with Gasteiger partial charge in [-0.25, -0.2) is 8.78 Å². The number of esters is 1. The Hall–Kier alpha value is -1.96. The van der Waals surface area contributed by atoms with Gasteiger partial charge in [-0.1, -0.05) is 6.07 Å². The molecule has 0 aromatic heterocycles. The zero-order valence-electron chi connectivity index (χ0n) is 11.0. The number of ether oxygens (including phenoxy) is 1. The largest absolute Gasteiger partial charge is 0.460 e. The van der Waals surface area contributed by atoms with Crippen LogP contribution in [0.3, 0.4) is 0 Å². The summed E-state index contributed by atoms with van der Waals surface area (Å²) in [7, 11) is 0. The van der Waals surface area contributed by atoms with Crippen LogP contribution in [0.1, 0.15) is 38.7 Å². The number of hydrogen-bond acceptors (Lipinski definition) is 3. The molecule has 1 aromatic rings. The number of benzene rings is 1. The first-order chi connectivity index (χ1) is 8.74. The minimum Gasteiger partial charge on any atom is -0.460 e. The minimum atomic E-state index is -1.20. The van der Waals surface area contributed by atoms with Gasteiger partial charge in [0.2, 0.25) is 0 Å². The Bertz CT molecular complexity index is 495. The molecule has 0 heterocycles. The highest BCUT2D eigenvalue weighted by atomic mass is 19.1. The topological polar surface area (TPSA) is 50.1 Å². The van der Waals surface area contributed by atoms with Crippen LogP contribution >= 0.6 is 0 Å². The van der Waals surface area contributed by atoms with Crippen LogP contribution in [0.4, 0.5) is 8.78 Å². The number of halogens is 2. The quantitative estimate of drug-likeness (QED) is 0.789. The predicted molar refractivity (Wildman–Crippen MR) is 65.2 cm³/mol. The molecule has 19 heavy (non-hydrogen) atoms. The van der Waals surface area contributed by atoms with Gasteiger partial charge in [0.25, 0.3) is 0 Å². The molecule has 0 aliphatic heterocycles. The highest BCUT2D eigenvalue weighted by Gasteiger charge is 2.25. The van der Waals surface area contributed by atoms with E-state index in [9.17, 15) is 13.6 Å². The van der Waals surface area contributed by atoms with E-state index in [1.165, 1.54) is 6.07 Å². The molecule has 0 amide bonds. The van der Waals surface area contributed by atoms with Gasteiger partial charge in [-0.2, -0.15) is 5.26 Å². The van der Waals surface area contributed by atoms with E-state index in [1.54, 1.807) is 26.8 Å². The van der Waals surface area contributed by atoms with Crippen molar-refractivity contribution in [3.8, 4) is 6.07 Å². The third kappa shape index (κ3) is 4.32. The van der Waals surface area contributed by atoms with Gasteiger partial charge in [0.15, 0.2) is 0 Å². The van der Waals surface area contributed by atoms with Gasteiger partial charge in [0.05, 0.1) is 18.4 Å². The van der Waals surface area contributed by atoms with Crippen LogP contribution in [0.25, 0.3) is 0 Å². The normalized spacial score (nSPS) is 12.6. The number of carbonyl (C=O) groups excluding carboxylic acids is 1. The number of nitriles is 1. The van der Waals surface area contributed by atoms with E-state index in [0.717, 1.165) is 12.1 Å². The van der Waals surface area contributed by atoms with Crippen molar-refractivity contribution in [3.63, 3.8) is 0 Å². The van der Waals surface area contributed by atoms with E-state index >= 15 is 0 Å². The highest BCUT2D eigenvalue weighted by molar-refractivity contribution is 5.71. The molecule has 0 radical (unpaired) electrons. The molecule has 102 valence electrons. The summed E-state index contributed by atoms with van der Waals surface area (Å²) in [5.41, 5.74) is -1.10. The van der Waals surface area contributed by atoms with Crippen LogP contribution in [0, 0.1) is 23.0 Å². The molecule has 1 unspecified atom stereocenters. The van der Waals surface area contributed by atoms with E-state index in [4.69, 9.17) is 10.00 Å². The SMILES string of the molecule is CC(C)(C)OC(=O)CC(C#N)c1c(F)cccc1F. The molecular weight excluding hydrogens is 252 g/mol. The van der Waals surface area contributed by atoms with Crippen molar-refractivity contribution in [1.29, 1.82) is 5.26 Å². The van der Waals surface area contributed by atoms with Gasteiger partial charge in [-0.15, -0.1) is 0 Å². The minimum absolute atomic E-state index is 0.383. The maximum atomic E-state index is 13.5. The molecule has 0 fully saturated rings. The van der Waals surface area contributed by atoms with Crippen LogP contribution in [-0.2, 0) is 9.53 Å². The number of hydrogen-bond donors (Lipinski definition) is 0.